The lowest BCUT2D eigenvalue weighted by atomic mass is 10.1. The van der Waals surface area contributed by atoms with Crippen LogP contribution < -0.4 is 0 Å². The zero-order chi connectivity index (χ0) is 10.7. The maximum atomic E-state index is 8.62. The molecule has 0 fully saturated rings. The molecule has 0 aliphatic heterocycles. The predicted octanol–water partition coefficient (Wildman–Crippen LogP) is 3.33. The van der Waals surface area contributed by atoms with Crippen molar-refractivity contribution in [2.24, 2.45) is 0 Å². The molecule has 0 atom stereocenters. The molecule has 0 aliphatic carbocycles. The summed E-state index contributed by atoms with van der Waals surface area (Å²) in [6.07, 6.45) is 1.60. The lowest BCUT2D eigenvalue weighted by molar-refractivity contribution is 1.47. The van der Waals surface area contributed by atoms with Crippen LogP contribution in [0.3, 0.4) is 0 Å². The van der Waals surface area contributed by atoms with Gasteiger partial charge in [0.15, 0.2) is 0 Å². The van der Waals surface area contributed by atoms with Gasteiger partial charge < -0.3 is 0 Å². The van der Waals surface area contributed by atoms with Crippen molar-refractivity contribution in [3.05, 3.63) is 40.8 Å². The van der Waals surface area contributed by atoms with Gasteiger partial charge >= 0.3 is 0 Å². The van der Waals surface area contributed by atoms with Crippen molar-refractivity contribution in [2.45, 2.75) is 0 Å². The molecule has 0 radical (unpaired) electrons. The zero-order valence-corrected chi connectivity index (χ0v) is 8.58. The van der Waals surface area contributed by atoms with Crippen LogP contribution in [0.4, 0.5) is 0 Å². The highest BCUT2D eigenvalue weighted by Crippen LogP contribution is 2.22. The molecule has 0 saturated carbocycles. The third-order valence-electron chi connectivity index (χ3n) is 2.03. The highest BCUT2D eigenvalue weighted by Gasteiger charge is 1.97. The van der Waals surface area contributed by atoms with Crippen LogP contribution in [0.2, 0.25) is 0 Å². The van der Waals surface area contributed by atoms with Gasteiger partial charge in [0.05, 0.1) is 0 Å². The number of nitriles is 2. The first-order valence-corrected chi connectivity index (χ1v) is 5.20. The van der Waals surface area contributed by atoms with Crippen molar-refractivity contribution in [1.29, 1.82) is 10.5 Å². The van der Waals surface area contributed by atoms with Gasteiger partial charge in [-0.3, -0.25) is 0 Å². The first-order valence-electron chi connectivity index (χ1n) is 4.32. The van der Waals surface area contributed by atoms with E-state index in [1.165, 1.54) is 10.1 Å². The van der Waals surface area contributed by atoms with E-state index < -0.39 is 0 Å². The lowest BCUT2D eigenvalue weighted by Crippen LogP contribution is -1.75. The molecule has 0 spiro atoms. The van der Waals surface area contributed by atoms with Crippen LogP contribution in [0.25, 0.3) is 16.2 Å². The first kappa shape index (κ1) is 9.45. The highest BCUT2D eigenvalue weighted by molar-refractivity contribution is 7.17. The van der Waals surface area contributed by atoms with Gasteiger partial charge in [0.2, 0.25) is 0 Å². The number of nitrogens with zero attached hydrogens (tertiary/aromatic N) is 2. The minimum absolute atomic E-state index is 0.130. The summed E-state index contributed by atoms with van der Waals surface area (Å²) in [7, 11) is 0. The SMILES string of the molecule is N#CC(C#N)=Cc1ccc2ccsc2c1. The molecule has 1 heterocycles. The second kappa shape index (κ2) is 3.96. The van der Waals surface area contributed by atoms with Gasteiger partial charge in [0, 0.05) is 4.70 Å². The van der Waals surface area contributed by atoms with Crippen LogP contribution in [0.15, 0.2) is 35.2 Å². The summed E-state index contributed by atoms with van der Waals surface area (Å²) < 4.78 is 1.17. The molecule has 15 heavy (non-hydrogen) atoms. The summed E-state index contributed by atoms with van der Waals surface area (Å²) in [5.74, 6) is 0. The minimum atomic E-state index is 0.130. The van der Waals surface area contributed by atoms with Gasteiger partial charge in [-0.25, -0.2) is 0 Å². The Kier molecular flexibility index (Phi) is 2.49. The fourth-order valence-corrected chi connectivity index (χ4v) is 2.15. The standard InChI is InChI=1S/C12H6N2S/c13-7-10(8-14)5-9-1-2-11-3-4-15-12(11)6-9/h1-6H. The summed E-state index contributed by atoms with van der Waals surface area (Å²) >= 11 is 1.65. The Morgan fingerprint density at radius 1 is 1.20 bits per heavy atom. The Morgan fingerprint density at radius 3 is 2.73 bits per heavy atom. The van der Waals surface area contributed by atoms with E-state index in [1.807, 2.05) is 41.8 Å². The van der Waals surface area contributed by atoms with Crippen molar-refractivity contribution >= 4 is 27.5 Å². The summed E-state index contributed by atoms with van der Waals surface area (Å²) in [4.78, 5) is 0. The molecular weight excluding hydrogens is 204 g/mol. The van der Waals surface area contributed by atoms with Crippen molar-refractivity contribution in [1.82, 2.24) is 0 Å². The molecule has 1 aromatic heterocycles. The topological polar surface area (TPSA) is 47.6 Å². The normalized spacial score (nSPS) is 9.20. The average Bonchev–Trinajstić information content (AvgIpc) is 2.73. The van der Waals surface area contributed by atoms with E-state index in [4.69, 9.17) is 10.5 Å². The number of thiophene rings is 1. The molecule has 0 aliphatic rings. The van der Waals surface area contributed by atoms with Crippen LogP contribution in [0, 0.1) is 22.7 Å². The Bertz CT molecular complexity index is 592. The van der Waals surface area contributed by atoms with Gasteiger partial charge in [-0.2, -0.15) is 10.5 Å². The number of hydrogen-bond donors (Lipinski definition) is 0. The molecule has 1 aromatic carbocycles. The summed E-state index contributed by atoms with van der Waals surface area (Å²) in [6, 6.07) is 11.6. The fraction of sp³-hybridized carbons (Fsp3) is 0. The quantitative estimate of drug-likeness (QED) is 0.678. The molecule has 0 bridgehead atoms. The molecule has 0 unspecified atom stereocenters. The van der Waals surface area contributed by atoms with Crippen molar-refractivity contribution in [3.8, 4) is 12.1 Å². The van der Waals surface area contributed by atoms with Gasteiger partial charge in [-0.15, -0.1) is 11.3 Å². The number of hydrogen-bond acceptors (Lipinski definition) is 3. The van der Waals surface area contributed by atoms with E-state index in [0.29, 0.717) is 0 Å². The largest absolute Gasteiger partial charge is 0.192 e. The molecule has 70 valence electrons. The second-order valence-corrected chi connectivity index (χ2v) is 3.95. The number of rotatable bonds is 1. The Morgan fingerprint density at radius 2 is 2.00 bits per heavy atom. The number of allylic oxidation sites excluding steroid dienone is 1. The van der Waals surface area contributed by atoms with Crippen LogP contribution in [0.5, 0.6) is 0 Å². The summed E-state index contributed by atoms with van der Waals surface area (Å²) in [5.41, 5.74) is 1.02. The van der Waals surface area contributed by atoms with Crippen LogP contribution in [-0.2, 0) is 0 Å². The minimum Gasteiger partial charge on any atom is -0.192 e. The molecular formula is C12H6N2S. The van der Waals surface area contributed by atoms with Crippen LogP contribution in [-0.4, -0.2) is 0 Å². The molecule has 2 nitrogen and oxygen atoms in total. The third kappa shape index (κ3) is 1.88. The molecule has 0 amide bonds. The molecule has 2 rings (SSSR count). The van der Waals surface area contributed by atoms with E-state index in [1.54, 1.807) is 17.4 Å². The summed E-state index contributed by atoms with van der Waals surface area (Å²) in [5, 5.41) is 20.5. The Hall–Kier alpha value is -2.10. The van der Waals surface area contributed by atoms with Crippen molar-refractivity contribution in [3.63, 3.8) is 0 Å². The van der Waals surface area contributed by atoms with Crippen molar-refractivity contribution in [2.75, 3.05) is 0 Å². The molecule has 2 aromatic rings. The van der Waals surface area contributed by atoms with E-state index >= 15 is 0 Å². The highest BCUT2D eigenvalue weighted by atomic mass is 32.1. The van der Waals surface area contributed by atoms with Gasteiger partial charge in [-0.05, 0) is 34.5 Å². The molecule has 3 heteroatoms. The predicted molar refractivity (Wildman–Crippen MR) is 61.0 cm³/mol. The van der Waals surface area contributed by atoms with E-state index in [9.17, 15) is 0 Å². The van der Waals surface area contributed by atoms with Gasteiger partial charge in [0.25, 0.3) is 0 Å². The fourth-order valence-electron chi connectivity index (χ4n) is 1.32. The maximum absolute atomic E-state index is 8.62. The smallest absolute Gasteiger partial charge is 0.130 e. The van der Waals surface area contributed by atoms with E-state index in [-0.39, 0.29) is 5.57 Å². The Balaban J connectivity index is 2.51. The number of fused-ring (bicyclic) bond motifs is 1. The summed E-state index contributed by atoms with van der Waals surface area (Å²) in [6.45, 7) is 0. The van der Waals surface area contributed by atoms with Crippen LogP contribution >= 0.6 is 11.3 Å². The van der Waals surface area contributed by atoms with Gasteiger partial charge in [-0.1, -0.05) is 12.1 Å². The second-order valence-electron chi connectivity index (χ2n) is 3.00. The molecule has 0 N–H and O–H groups in total. The maximum Gasteiger partial charge on any atom is 0.130 e. The zero-order valence-electron chi connectivity index (χ0n) is 7.77. The van der Waals surface area contributed by atoms with E-state index in [0.717, 1.165) is 5.56 Å². The third-order valence-corrected chi connectivity index (χ3v) is 2.91. The van der Waals surface area contributed by atoms with Gasteiger partial charge in [0.1, 0.15) is 17.7 Å². The van der Waals surface area contributed by atoms with Crippen LogP contribution in [0.1, 0.15) is 5.56 Å². The monoisotopic (exact) mass is 210 g/mol. The van der Waals surface area contributed by atoms with Crippen molar-refractivity contribution < 1.29 is 0 Å². The molecule has 0 saturated heterocycles. The lowest BCUT2D eigenvalue weighted by Gasteiger charge is -1.93. The van der Waals surface area contributed by atoms with E-state index in [2.05, 4.69) is 0 Å². The number of benzene rings is 1. The average molecular weight is 210 g/mol. The first-order chi connectivity index (χ1) is 7.33. The Labute approximate surface area is 91.3 Å².